The van der Waals surface area contributed by atoms with Gasteiger partial charge in [0.25, 0.3) is 0 Å². The molecule has 0 aromatic heterocycles. The maximum Gasteiger partial charge on any atom is 0.417 e. The molecule has 1 aliphatic rings. The van der Waals surface area contributed by atoms with E-state index in [-0.39, 0.29) is 5.56 Å². The van der Waals surface area contributed by atoms with Gasteiger partial charge in [0.1, 0.15) is 0 Å². The lowest BCUT2D eigenvalue weighted by atomic mass is 10.1. The molecule has 1 aromatic rings. The summed E-state index contributed by atoms with van der Waals surface area (Å²) in [6.45, 7) is 0. The molecule has 0 radical (unpaired) electrons. The minimum atomic E-state index is -4.45. The quantitative estimate of drug-likeness (QED) is 0.560. The third-order valence-corrected chi connectivity index (χ3v) is 2.13. The molecule has 0 amide bonds. The molecule has 0 spiro atoms. The zero-order chi connectivity index (χ0) is 11.1. The van der Waals surface area contributed by atoms with E-state index >= 15 is 0 Å². The lowest BCUT2D eigenvalue weighted by Gasteiger charge is -2.00. The molecule has 0 bridgehead atoms. The highest BCUT2D eigenvalue weighted by Gasteiger charge is 2.61. The number of carbonyl (C=O) groups is 1. The Labute approximate surface area is 83.7 Å². The van der Waals surface area contributed by atoms with Crippen molar-refractivity contribution in [3.63, 3.8) is 0 Å². The number of halogens is 3. The van der Waals surface area contributed by atoms with Gasteiger partial charge in [-0.05, 0) is 0 Å². The van der Waals surface area contributed by atoms with Crippen LogP contribution in [0.25, 0.3) is 0 Å². The van der Waals surface area contributed by atoms with E-state index in [1.54, 1.807) is 18.2 Å². The Morgan fingerprint density at radius 3 is 2.27 bits per heavy atom. The number of ether oxygens (including phenoxy) is 1. The normalized spacial score (nSPS) is 25.0. The summed E-state index contributed by atoms with van der Waals surface area (Å²) in [7, 11) is 0. The van der Waals surface area contributed by atoms with E-state index in [0.717, 1.165) is 0 Å². The second kappa shape index (κ2) is 3.34. The van der Waals surface area contributed by atoms with E-state index < -0.39 is 24.2 Å². The number of hydrogen-bond acceptors (Lipinski definition) is 2. The second-order valence-electron chi connectivity index (χ2n) is 3.25. The summed E-state index contributed by atoms with van der Waals surface area (Å²) in [5, 5.41) is 0. The van der Waals surface area contributed by atoms with Crippen LogP contribution >= 0.6 is 0 Å². The molecule has 0 saturated carbocycles. The molecular formula is C10H7F3O2. The molecular weight excluding hydrogens is 209 g/mol. The molecule has 0 unspecified atom stereocenters. The second-order valence-corrected chi connectivity index (χ2v) is 3.25. The predicted molar refractivity (Wildman–Crippen MR) is 45.5 cm³/mol. The van der Waals surface area contributed by atoms with Crippen LogP contribution in [0.3, 0.4) is 0 Å². The Kier molecular flexibility index (Phi) is 2.26. The van der Waals surface area contributed by atoms with Gasteiger partial charge in [-0.2, -0.15) is 13.2 Å². The molecule has 1 aromatic carbocycles. The van der Waals surface area contributed by atoms with Gasteiger partial charge in [-0.1, -0.05) is 30.3 Å². The van der Waals surface area contributed by atoms with E-state index in [4.69, 9.17) is 0 Å². The minimum absolute atomic E-state index is 0.245. The molecule has 80 valence electrons. The van der Waals surface area contributed by atoms with Gasteiger partial charge in [0, 0.05) is 5.56 Å². The van der Waals surface area contributed by atoms with E-state index in [1.807, 2.05) is 0 Å². The maximum absolute atomic E-state index is 12.1. The first-order valence-corrected chi connectivity index (χ1v) is 4.31. The average molecular weight is 216 g/mol. The Balaban J connectivity index is 2.07. The van der Waals surface area contributed by atoms with Crippen LogP contribution in [-0.4, -0.2) is 24.2 Å². The number of alkyl halides is 3. The summed E-state index contributed by atoms with van der Waals surface area (Å²) in [6, 6.07) is 7.82. The highest BCUT2D eigenvalue weighted by molar-refractivity contribution is 6.01. The van der Waals surface area contributed by atoms with Gasteiger partial charge in [-0.3, -0.25) is 4.79 Å². The molecule has 2 rings (SSSR count). The smallest absolute Gasteiger partial charge is 0.351 e. The summed E-state index contributed by atoms with van der Waals surface area (Å²) in [4.78, 5) is 11.4. The van der Waals surface area contributed by atoms with Crippen LogP contribution in [0.4, 0.5) is 13.2 Å². The number of carbonyl (C=O) groups excluding carboxylic acids is 1. The third-order valence-electron chi connectivity index (χ3n) is 2.13. The average Bonchev–Trinajstić information content (AvgIpc) is 2.97. The first-order valence-electron chi connectivity index (χ1n) is 4.31. The van der Waals surface area contributed by atoms with E-state index in [9.17, 15) is 18.0 Å². The van der Waals surface area contributed by atoms with Crippen LogP contribution < -0.4 is 0 Å². The van der Waals surface area contributed by atoms with Crippen LogP contribution in [0, 0.1) is 0 Å². The highest BCUT2D eigenvalue weighted by Crippen LogP contribution is 2.39. The van der Waals surface area contributed by atoms with Crippen LogP contribution in [0.5, 0.6) is 0 Å². The van der Waals surface area contributed by atoms with E-state index in [0.29, 0.717) is 0 Å². The van der Waals surface area contributed by atoms with Gasteiger partial charge in [0.2, 0.25) is 0 Å². The lowest BCUT2D eigenvalue weighted by molar-refractivity contribution is -0.146. The van der Waals surface area contributed by atoms with E-state index in [2.05, 4.69) is 4.74 Å². The molecule has 2 atom stereocenters. The lowest BCUT2D eigenvalue weighted by Crippen LogP contribution is -2.22. The van der Waals surface area contributed by atoms with Crippen molar-refractivity contribution >= 4 is 5.78 Å². The van der Waals surface area contributed by atoms with Crippen molar-refractivity contribution in [2.24, 2.45) is 0 Å². The van der Waals surface area contributed by atoms with Gasteiger partial charge < -0.3 is 4.74 Å². The van der Waals surface area contributed by atoms with Gasteiger partial charge in [-0.15, -0.1) is 0 Å². The van der Waals surface area contributed by atoms with Gasteiger partial charge in [-0.25, -0.2) is 0 Å². The zero-order valence-electron chi connectivity index (χ0n) is 7.49. The van der Waals surface area contributed by atoms with Crippen molar-refractivity contribution in [2.75, 3.05) is 0 Å². The van der Waals surface area contributed by atoms with Crippen molar-refractivity contribution in [1.82, 2.24) is 0 Å². The largest absolute Gasteiger partial charge is 0.417 e. The molecule has 2 nitrogen and oxygen atoms in total. The van der Waals surface area contributed by atoms with Gasteiger partial charge in [0.15, 0.2) is 18.0 Å². The van der Waals surface area contributed by atoms with Crippen LogP contribution in [0.2, 0.25) is 0 Å². The monoisotopic (exact) mass is 216 g/mol. The number of hydrogen-bond donors (Lipinski definition) is 0. The maximum atomic E-state index is 12.1. The number of Topliss-reactive ketones (excluding diaryl/α,β-unsaturated/α-hetero) is 1. The molecule has 0 aliphatic carbocycles. The summed E-state index contributed by atoms with van der Waals surface area (Å²) >= 11 is 0. The Morgan fingerprint density at radius 1 is 1.20 bits per heavy atom. The van der Waals surface area contributed by atoms with Crippen molar-refractivity contribution in [3.05, 3.63) is 35.9 Å². The fourth-order valence-electron chi connectivity index (χ4n) is 1.33. The Morgan fingerprint density at radius 2 is 1.80 bits per heavy atom. The predicted octanol–water partition coefficient (Wildman–Crippen LogP) is 2.20. The molecule has 15 heavy (non-hydrogen) atoms. The first-order chi connectivity index (χ1) is 7.00. The molecule has 1 aliphatic heterocycles. The summed E-state index contributed by atoms with van der Waals surface area (Å²) in [5.74, 6) is -0.613. The van der Waals surface area contributed by atoms with Crippen molar-refractivity contribution in [2.45, 2.75) is 18.4 Å². The van der Waals surface area contributed by atoms with E-state index in [1.165, 1.54) is 12.1 Å². The summed E-state index contributed by atoms with van der Waals surface area (Å²) < 4.78 is 40.6. The Hall–Kier alpha value is -1.36. The molecule has 0 N–H and O–H groups in total. The number of ketones is 1. The van der Waals surface area contributed by atoms with Crippen molar-refractivity contribution < 1.29 is 22.7 Å². The number of epoxide rings is 1. The minimum Gasteiger partial charge on any atom is -0.351 e. The zero-order valence-corrected chi connectivity index (χ0v) is 7.49. The number of benzene rings is 1. The van der Waals surface area contributed by atoms with Crippen molar-refractivity contribution in [3.8, 4) is 0 Å². The molecule has 5 heteroatoms. The van der Waals surface area contributed by atoms with Crippen LogP contribution in [0.15, 0.2) is 30.3 Å². The topological polar surface area (TPSA) is 29.6 Å². The molecule has 1 saturated heterocycles. The molecule has 1 heterocycles. The molecule has 1 fully saturated rings. The Bertz CT molecular complexity index is 372. The third kappa shape index (κ3) is 2.02. The van der Waals surface area contributed by atoms with Gasteiger partial charge >= 0.3 is 6.18 Å². The fourth-order valence-corrected chi connectivity index (χ4v) is 1.33. The standard InChI is InChI=1S/C10H7F3O2/c11-10(12,13)9-8(15-9)7(14)6-4-2-1-3-5-6/h1-5,8-9H/t8-,9-/m1/s1. The van der Waals surface area contributed by atoms with Crippen molar-refractivity contribution in [1.29, 1.82) is 0 Å². The fraction of sp³-hybridized carbons (Fsp3) is 0.300. The summed E-state index contributed by atoms with van der Waals surface area (Å²) in [6.07, 6.45) is -7.73. The SMILES string of the molecule is O=C(c1ccccc1)[C@H]1O[C@H]1C(F)(F)F. The highest BCUT2D eigenvalue weighted by atomic mass is 19.4. The first kappa shape index (κ1) is 10.2. The van der Waals surface area contributed by atoms with Crippen LogP contribution in [0.1, 0.15) is 10.4 Å². The van der Waals surface area contributed by atoms with Gasteiger partial charge in [0.05, 0.1) is 0 Å². The van der Waals surface area contributed by atoms with Crippen LogP contribution in [-0.2, 0) is 4.74 Å². The summed E-state index contributed by atoms with van der Waals surface area (Å²) in [5.41, 5.74) is 0.245. The number of rotatable bonds is 2.